The van der Waals surface area contributed by atoms with Crippen molar-refractivity contribution >= 4 is 29.1 Å². The molecule has 228 valence electrons. The molecular weight excluding hydrogens is 586 g/mol. The molecule has 0 aliphatic carbocycles. The first-order chi connectivity index (χ1) is 21.9. The predicted octanol–water partition coefficient (Wildman–Crippen LogP) is 5.36. The van der Waals surface area contributed by atoms with Gasteiger partial charge in [0.05, 0.1) is 42.7 Å². The number of carbonyl (C=O) groups is 1. The van der Waals surface area contributed by atoms with Crippen LogP contribution in [-0.4, -0.2) is 35.9 Å². The van der Waals surface area contributed by atoms with Crippen LogP contribution in [0.3, 0.4) is 0 Å². The van der Waals surface area contributed by atoms with Crippen molar-refractivity contribution in [3.05, 3.63) is 138 Å². The third-order valence-electron chi connectivity index (χ3n) is 7.87. The van der Waals surface area contributed by atoms with Crippen LogP contribution < -0.4 is 24.4 Å². The molecule has 6 rings (SSSR count). The molecule has 45 heavy (non-hydrogen) atoms. The number of benzene rings is 3. The number of aromatic nitrogens is 2. The molecule has 0 radical (unpaired) electrons. The molecule has 0 spiro atoms. The van der Waals surface area contributed by atoms with Crippen LogP contribution in [0.4, 0.5) is 0 Å². The van der Waals surface area contributed by atoms with Gasteiger partial charge in [0.1, 0.15) is 0 Å². The molecule has 0 amide bonds. The maximum Gasteiger partial charge on any atom is 0.338 e. The lowest BCUT2D eigenvalue weighted by molar-refractivity contribution is -0.138. The van der Waals surface area contributed by atoms with Gasteiger partial charge in [-0.2, -0.15) is 0 Å². The van der Waals surface area contributed by atoms with Gasteiger partial charge < -0.3 is 18.8 Å². The fourth-order valence-electron chi connectivity index (χ4n) is 5.83. The Morgan fingerprint density at radius 3 is 2.29 bits per heavy atom. The van der Waals surface area contributed by atoms with Crippen molar-refractivity contribution in [2.75, 3.05) is 20.8 Å². The van der Waals surface area contributed by atoms with E-state index in [0.717, 1.165) is 28.2 Å². The van der Waals surface area contributed by atoms with E-state index in [2.05, 4.69) is 22.8 Å². The average Bonchev–Trinajstić information content (AvgIpc) is 3.53. The van der Waals surface area contributed by atoms with Gasteiger partial charge in [-0.05, 0) is 68.3 Å². The molecule has 1 aliphatic heterocycles. The highest BCUT2D eigenvalue weighted by Gasteiger charge is 2.35. The molecule has 0 N–H and O–H groups in total. The van der Waals surface area contributed by atoms with E-state index in [4.69, 9.17) is 19.2 Å². The summed E-state index contributed by atoms with van der Waals surface area (Å²) < 4.78 is 20.9. The third kappa shape index (κ3) is 5.40. The van der Waals surface area contributed by atoms with Crippen LogP contribution in [0.15, 0.2) is 100 Å². The number of methoxy groups -OCH3 is 2. The first-order valence-corrected chi connectivity index (χ1v) is 15.4. The van der Waals surface area contributed by atoms with Crippen molar-refractivity contribution in [3.8, 4) is 17.2 Å². The molecule has 0 saturated carbocycles. The summed E-state index contributed by atoms with van der Waals surface area (Å²) >= 11 is 1.29. The van der Waals surface area contributed by atoms with Crippen molar-refractivity contribution in [2.24, 2.45) is 4.99 Å². The number of carbonyl (C=O) groups excluding carboxylic acids is 1. The first kappa shape index (κ1) is 29.9. The standard InChI is InChI=1S/C36H33N3O5S/c1-6-44-35(41)31-32(24-13-9-7-10-14-24)37-36-39(33(31)25-17-18-28(42-4)29(20-25)43-5)34(40)30(45-36)21-26-19-22(2)38(23(26)3)27-15-11-8-12-16-27/h7-21,33H,6H2,1-5H3/b30-21-/t33-/m1/s1. The summed E-state index contributed by atoms with van der Waals surface area (Å²) in [5.74, 6) is 0.472. The normalized spacial score (nSPS) is 14.6. The number of para-hydroxylation sites is 1. The SMILES string of the molecule is CCOC(=O)C1=C(c2ccccc2)N=c2s/c(=C\c3cc(C)n(-c4ccccc4)c3C)c(=O)n2[C@@H]1c1ccc(OC)c(OC)c1. The fraction of sp³-hybridized carbons (Fsp3) is 0.194. The van der Waals surface area contributed by atoms with Gasteiger partial charge in [-0.3, -0.25) is 9.36 Å². The van der Waals surface area contributed by atoms with Crippen molar-refractivity contribution in [3.63, 3.8) is 0 Å². The molecule has 0 unspecified atom stereocenters. The smallest absolute Gasteiger partial charge is 0.338 e. The maximum absolute atomic E-state index is 14.4. The van der Waals surface area contributed by atoms with Gasteiger partial charge in [-0.25, -0.2) is 9.79 Å². The highest BCUT2D eigenvalue weighted by molar-refractivity contribution is 7.07. The molecule has 0 saturated heterocycles. The zero-order valence-electron chi connectivity index (χ0n) is 25.7. The summed E-state index contributed by atoms with van der Waals surface area (Å²) in [5.41, 5.74) is 5.93. The quantitative estimate of drug-likeness (QED) is 0.219. The van der Waals surface area contributed by atoms with Gasteiger partial charge in [-0.15, -0.1) is 0 Å². The minimum atomic E-state index is -0.825. The van der Waals surface area contributed by atoms with Crippen molar-refractivity contribution < 1.29 is 19.0 Å². The Morgan fingerprint density at radius 1 is 0.933 bits per heavy atom. The number of thiazole rings is 1. The van der Waals surface area contributed by atoms with E-state index in [1.54, 1.807) is 37.8 Å². The van der Waals surface area contributed by atoms with Crippen LogP contribution >= 0.6 is 11.3 Å². The lowest BCUT2D eigenvalue weighted by atomic mass is 9.93. The summed E-state index contributed by atoms with van der Waals surface area (Å²) in [7, 11) is 3.11. The summed E-state index contributed by atoms with van der Waals surface area (Å²) in [6, 6.07) is 26.3. The van der Waals surface area contributed by atoms with Gasteiger partial charge in [0.25, 0.3) is 5.56 Å². The van der Waals surface area contributed by atoms with E-state index < -0.39 is 12.0 Å². The van der Waals surface area contributed by atoms with Crippen molar-refractivity contribution in [1.82, 2.24) is 9.13 Å². The molecule has 2 aromatic heterocycles. The highest BCUT2D eigenvalue weighted by Crippen LogP contribution is 2.38. The number of rotatable bonds is 8. The first-order valence-electron chi connectivity index (χ1n) is 14.6. The number of fused-ring (bicyclic) bond motifs is 1. The Kier molecular flexibility index (Phi) is 8.28. The largest absolute Gasteiger partial charge is 0.493 e. The summed E-state index contributed by atoms with van der Waals surface area (Å²) in [4.78, 5) is 33.6. The molecule has 0 fully saturated rings. The zero-order chi connectivity index (χ0) is 31.7. The molecule has 3 heterocycles. The van der Waals surface area contributed by atoms with Crippen molar-refractivity contribution in [2.45, 2.75) is 26.8 Å². The maximum atomic E-state index is 14.4. The lowest BCUT2D eigenvalue weighted by Crippen LogP contribution is -2.40. The zero-order valence-corrected chi connectivity index (χ0v) is 26.6. The summed E-state index contributed by atoms with van der Waals surface area (Å²) in [6.45, 7) is 6.02. The van der Waals surface area contributed by atoms with E-state index in [-0.39, 0.29) is 17.7 Å². The predicted molar refractivity (Wildman–Crippen MR) is 176 cm³/mol. The lowest BCUT2D eigenvalue weighted by Gasteiger charge is -2.26. The van der Waals surface area contributed by atoms with Crippen LogP contribution in [-0.2, 0) is 9.53 Å². The minimum absolute atomic E-state index is 0.171. The second-order valence-corrected chi connectivity index (χ2v) is 11.6. The van der Waals surface area contributed by atoms with Gasteiger partial charge in [0, 0.05) is 22.6 Å². The Balaban J connectivity index is 1.63. The summed E-state index contributed by atoms with van der Waals surface area (Å²) in [5, 5.41) is 0. The van der Waals surface area contributed by atoms with E-state index >= 15 is 0 Å². The summed E-state index contributed by atoms with van der Waals surface area (Å²) in [6.07, 6.45) is 1.91. The molecule has 1 atom stereocenters. The Labute approximate surface area is 264 Å². The third-order valence-corrected chi connectivity index (χ3v) is 8.85. The second kappa shape index (κ2) is 12.5. The second-order valence-electron chi connectivity index (χ2n) is 10.5. The molecule has 1 aliphatic rings. The molecule has 8 nitrogen and oxygen atoms in total. The fourth-order valence-corrected chi connectivity index (χ4v) is 6.82. The van der Waals surface area contributed by atoms with E-state index in [1.165, 1.54) is 11.3 Å². The number of ether oxygens (including phenoxy) is 3. The molecular formula is C36H33N3O5S. The Bertz CT molecular complexity index is 2110. The topological polar surface area (TPSA) is 84.1 Å². The van der Waals surface area contributed by atoms with E-state index in [0.29, 0.717) is 32.1 Å². The van der Waals surface area contributed by atoms with Crippen LogP contribution in [0.2, 0.25) is 0 Å². The van der Waals surface area contributed by atoms with Crippen LogP contribution in [0, 0.1) is 13.8 Å². The van der Waals surface area contributed by atoms with Gasteiger partial charge >= 0.3 is 5.97 Å². The number of nitrogens with zero attached hydrogens (tertiary/aromatic N) is 3. The van der Waals surface area contributed by atoms with Crippen molar-refractivity contribution in [1.29, 1.82) is 0 Å². The van der Waals surface area contributed by atoms with E-state index in [1.807, 2.05) is 74.5 Å². The van der Waals surface area contributed by atoms with Crippen LogP contribution in [0.5, 0.6) is 11.5 Å². The Hall–Kier alpha value is -5.15. The number of aryl methyl sites for hydroxylation is 1. The van der Waals surface area contributed by atoms with Crippen LogP contribution in [0.25, 0.3) is 17.5 Å². The number of esters is 1. The Morgan fingerprint density at radius 2 is 1.62 bits per heavy atom. The average molecular weight is 620 g/mol. The number of hydrogen-bond donors (Lipinski definition) is 0. The van der Waals surface area contributed by atoms with Gasteiger partial charge in [0.15, 0.2) is 16.3 Å². The molecule has 0 bridgehead atoms. The van der Waals surface area contributed by atoms with Gasteiger partial charge in [-0.1, -0.05) is 65.9 Å². The van der Waals surface area contributed by atoms with Crippen LogP contribution in [0.1, 0.15) is 41.0 Å². The monoisotopic (exact) mass is 619 g/mol. The van der Waals surface area contributed by atoms with E-state index in [9.17, 15) is 9.59 Å². The minimum Gasteiger partial charge on any atom is -0.493 e. The van der Waals surface area contributed by atoms with Gasteiger partial charge in [0.2, 0.25) is 0 Å². The highest BCUT2D eigenvalue weighted by atomic mass is 32.1. The molecule has 3 aromatic carbocycles. The molecule has 5 aromatic rings. The number of hydrogen-bond acceptors (Lipinski definition) is 7. The molecule has 9 heteroatoms.